The van der Waals surface area contributed by atoms with E-state index >= 15 is 0 Å². The molecule has 0 saturated carbocycles. The van der Waals surface area contributed by atoms with Gasteiger partial charge in [-0.05, 0) is 19.4 Å². The normalized spacial score (nSPS) is 19.2. The van der Waals surface area contributed by atoms with Crippen molar-refractivity contribution >= 4 is 5.95 Å². The average molecular weight is 354 g/mol. The van der Waals surface area contributed by atoms with Crippen molar-refractivity contribution < 1.29 is 13.2 Å². The third kappa shape index (κ3) is 4.28. The molecule has 2 aromatic heterocycles. The first-order valence-corrected chi connectivity index (χ1v) is 8.15. The smallest absolute Gasteiger partial charge is 0.347 e. The van der Waals surface area contributed by atoms with Crippen molar-refractivity contribution in [3.05, 3.63) is 35.7 Å². The highest BCUT2D eigenvalue weighted by Gasteiger charge is 2.34. The highest BCUT2D eigenvalue weighted by molar-refractivity contribution is 5.26. The number of piperidine rings is 1. The number of nitrogens with zero attached hydrogens (tertiary/aromatic N) is 5. The third-order valence-corrected chi connectivity index (χ3v) is 4.29. The van der Waals surface area contributed by atoms with Gasteiger partial charge in [-0.1, -0.05) is 0 Å². The lowest BCUT2D eigenvalue weighted by atomic mass is 9.97. The minimum atomic E-state index is -4.38. The van der Waals surface area contributed by atoms with Crippen LogP contribution in [0.5, 0.6) is 0 Å². The monoisotopic (exact) mass is 354 g/mol. The highest BCUT2D eigenvalue weighted by Crippen LogP contribution is 2.31. The standard InChI is InChI=1S/C16H21F3N6/c1-24(2)15-21-6-11(7-22-15)9-25-5-3-4-12(10-25)14-20-8-13(23-14)16(17,18)19/h6-8,12H,3-5,9-10H2,1-2H3,(H,20,23)/t12-/m0/s1. The van der Waals surface area contributed by atoms with Gasteiger partial charge in [-0.2, -0.15) is 13.2 Å². The first kappa shape index (κ1) is 17.7. The number of anilines is 1. The molecule has 0 aromatic carbocycles. The van der Waals surface area contributed by atoms with Gasteiger partial charge in [0.1, 0.15) is 11.5 Å². The number of imidazole rings is 1. The Morgan fingerprint density at radius 2 is 1.92 bits per heavy atom. The number of aromatic amines is 1. The quantitative estimate of drug-likeness (QED) is 0.915. The van der Waals surface area contributed by atoms with Gasteiger partial charge in [-0.3, -0.25) is 4.90 Å². The topological polar surface area (TPSA) is 60.9 Å². The Labute approximate surface area is 144 Å². The van der Waals surface area contributed by atoms with Gasteiger partial charge in [0, 0.05) is 51.1 Å². The van der Waals surface area contributed by atoms with Crippen molar-refractivity contribution in [1.29, 1.82) is 0 Å². The van der Waals surface area contributed by atoms with Crippen LogP contribution < -0.4 is 4.90 Å². The van der Waals surface area contributed by atoms with Crippen LogP contribution in [0, 0.1) is 0 Å². The summed E-state index contributed by atoms with van der Waals surface area (Å²) in [6, 6.07) is 0. The molecule has 1 aliphatic rings. The third-order valence-electron chi connectivity index (χ3n) is 4.29. The van der Waals surface area contributed by atoms with E-state index in [0.717, 1.165) is 31.1 Å². The van der Waals surface area contributed by atoms with E-state index in [9.17, 15) is 13.2 Å². The number of hydrogen-bond acceptors (Lipinski definition) is 5. The maximum absolute atomic E-state index is 12.7. The summed E-state index contributed by atoms with van der Waals surface area (Å²) >= 11 is 0. The molecule has 25 heavy (non-hydrogen) atoms. The number of halogens is 3. The molecule has 3 rings (SSSR count). The number of H-pyrrole nitrogens is 1. The number of nitrogens with one attached hydrogen (secondary N) is 1. The maximum atomic E-state index is 12.7. The van der Waals surface area contributed by atoms with Crippen LogP contribution in [0.15, 0.2) is 18.6 Å². The first-order chi connectivity index (χ1) is 11.8. The molecule has 0 aliphatic carbocycles. The molecule has 0 radical (unpaired) electrons. The Hall–Kier alpha value is -2.16. The molecule has 136 valence electrons. The maximum Gasteiger partial charge on any atom is 0.432 e. The molecule has 0 amide bonds. The van der Waals surface area contributed by atoms with Crippen molar-refractivity contribution in [3.63, 3.8) is 0 Å². The van der Waals surface area contributed by atoms with Crippen LogP contribution in [0.3, 0.4) is 0 Å². The van der Waals surface area contributed by atoms with Gasteiger partial charge in [0.05, 0.1) is 6.20 Å². The van der Waals surface area contributed by atoms with E-state index < -0.39 is 11.9 Å². The number of aromatic nitrogens is 4. The summed E-state index contributed by atoms with van der Waals surface area (Å²) in [7, 11) is 3.76. The van der Waals surface area contributed by atoms with Gasteiger partial charge in [-0.25, -0.2) is 15.0 Å². The number of likely N-dealkylation sites (tertiary alicyclic amines) is 1. The van der Waals surface area contributed by atoms with E-state index in [1.807, 2.05) is 19.0 Å². The second-order valence-electron chi connectivity index (χ2n) is 6.54. The predicted molar refractivity (Wildman–Crippen MR) is 87.2 cm³/mol. The van der Waals surface area contributed by atoms with Gasteiger partial charge >= 0.3 is 6.18 Å². The van der Waals surface area contributed by atoms with E-state index in [2.05, 4.69) is 24.8 Å². The fourth-order valence-electron chi connectivity index (χ4n) is 3.03. The Bertz CT molecular complexity index is 695. The molecule has 9 heteroatoms. The second kappa shape index (κ2) is 6.99. The van der Waals surface area contributed by atoms with Crippen molar-refractivity contribution in [2.75, 3.05) is 32.1 Å². The predicted octanol–water partition coefficient (Wildman–Crippen LogP) is 2.66. The zero-order valence-corrected chi connectivity index (χ0v) is 14.2. The van der Waals surface area contributed by atoms with E-state index in [1.165, 1.54) is 0 Å². The molecule has 2 aromatic rings. The molecule has 0 bridgehead atoms. The zero-order valence-electron chi connectivity index (χ0n) is 14.2. The van der Waals surface area contributed by atoms with Crippen LogP contribution in [-0.2, 0) is 12.7 Å². The summed E-state index contributed by atoms with van der Waals surface area (Å²) in [6.07, 6.45) is 1.83. The molecule has 1 N–H and O–H groups in total. The minimum absolute atomic E-state index is 0.0215. The Balaban J connectivity index is 1.64. The molecule has 1 fully saturated rings. The largest absolute Gasteiger partial charge is 0.432 e. The lowest BCUT2D eigenvalue weighted by Crippen LogP contribution is -2.34. The second-order valence-corrected chi connectivity index (χ2v) is 6.54. The Morgan fingerprint density at radius 1 is 1.20 bits per heavy atom. The van der Waals surface area contributed by atoms with Gasteiger partial charge in [-0.15, -0.1) is 0 Å². The van der Waals surface area contributed by atoms with E-state index in [-0.39, 0.29) is 5.92 Å². The average Bonchev–Trinajstić information content (AvgIpc) is 3.06. The van der Waals surface area contributed by atoms with Crippen LogP contribution in [0.4, 0.5) is 19.1 Å². The van der Waals surface area contributed by atoms with Crippen LogP contribution in [0.1, 0.15) is 35.8 Å². The van der Waals surface area contributed by atoms with Gasteiger partial charge in [0.15, 0.2) is 0 Å². The van der Waals surface area contributed by atoms with Gasteiger partial charge < -0.3 is 9.88 Å². The fraction of sp³-hybridized carbons (Fsp3) is 0.562. The number of hydrogen-bond donors (Lipinski definition) is 1. The van der Waals surface area contributed by atoms with E-state index in [0.29, 0.717) is 24.9 Å². The first-order valence-electron chi connectivity index (χ1n) is 8.15. The lowest BCUT2D eigenvalue weighted by Gasteiger charge is -2.31. The molecule has 0 spiro atoms. The molecule has 6 nitrogen and oxygen atoms in total. The highest BCUT2D eigenvalue weighted by atomic mass is 19.4. The van der Waals surface area contributed by atoms with Crippen molar-refractivity contribution in [2.24, 2.45) is 0 Å². The van der Waals surface area contributed by atoms with Crippen molar-refractivity contribution in [3.8, 4) is 0 Å². The fourth-order valence-corrected chi connectivity index (χ4v) is 3.03. The number of alkyl halides is 3. The lowest BCUT2D eigenvalue weighted by molar-refractivity contribution is -0.141. The summed E-state index contributed by atoms with van der Waals surface area (Å²) in [5.74, 6) is 1.04. The molecule has 1 aliphatic heterocycles. The Morgan fingerprint density at radius 3 is 2.52 bits per heavy atom. The van der Waals surface area contributed by atoms with Gasteiger partial charge in [0.25, 0.3) is 0 Å². The summed E-state index contributed by atoms with van der Waals surface area (Å²) in [5.41, 5.74) is 0.203. The van der Waals surface area contributed by atoms with E-state index in [4.69, 9.17) is 0 Å². The van der Waals surface area contributed by atoms with Crippen LogP contribution in [-0.4, -0.2) is 52.0 Å². The summed E-state index contributed by atoms with van der Waals surface area (Å²) < 4.78 is 38.2. The summed E-state index contributed by atoms with van der Waals surface area (Å²) in [6.45, 7) is 2.25. The molecular weight excluding hydrogens is 333 g/mol. The van der Waals surface area contributed by atoms with Gasteiger partial charge in [0.2, 0.25) is 5.95 Å². The molecule has 1 atom stereocenters. The minimum Gasteiger partial charge on any atom is -0.347 e. The van der Waals surface area contributed by atoms with Crippen molar-refractivity contribution in [1.82, 2.24) is 24.8 Å². The molecule has 1 saturated heterocycles. The van der Waals surface area contributed by atoms with Crippen LogP contribution in [0.2, 0.25) is 0 Å². The number of rotatable bonds is 4. The summed E-state index contributed by atoms with van der Waals surface area (Å²) in [5, 5.41) is 0. The molecular formula is C16H21F3N6. The van der Waals surface area contributed by atoms with Crippen LogP contribution in [0.25, 0.3) is 0 Å². The SMILES string of the molecule is CN(C)c1ncc(CN2CCC[C@H](c3ncc(C(F)(F)F)[nH]3)C2)cn1. The summed E-state index contributed by atoms with van der Waals surface area (Å²) in [4.78, 5) is 19.0. The zero-order chi connectivity index (χ0) is 18.0. The van der Waals surface area contributed by atoms with E-state index in [1.54, 1.807) is 12.4 Å². The van der Waals surface area contributed by atoms with Crippen LogP contribution >= 0.6 is 0 Å². The molecule has 0 unspecified atom stereocenters. The van der Waals surface area contributed by atoms with Crippen molar-refractivity contribution in [2.45, 2.75) is 31.5 Å². The Kier molecular flexibility index (Phi) is 4.94. The molecule has 3 heterocycles.